The van der Waals surface area contributed by atoms with Crippen LogP contribution in [0.2, 0.25) is 0 Å². The molecule has 1 aliphatic heterocycles. The highest BCUT2D eigenvalue weighted by Gasteiger charge is 2.21. The Labute approximate surface area is 119 Å². The van der Waals surface area contributed by atoms with Crippen LogP contribution in [0.3, 0.4) is 0 Å². The van der Waals surface area contributed by atoms with E-state index in [1.54, 1.807) is 6.92 Å². The molecular formula is C13H12ClFN2O3. The number of carbonyl (C=O) groups is 2. The van der Waals surface area contributed by atoms with Crippen LogP contribution in [0, 0.1) is 5.82 Å². The third kappa shape index (κ3) is 2.75. The minimum Gasteiger partial charge on any atom is -0.481 e. The molecule has 1 heterocycles. The normalized spacial score (nSPS) is 14.7. The Bertz CT molecular complexity index is 602. The third-order valence-corrected chi connectivity index (χ3v) is 3.02. The van der Waals surface area contributed by atoms with Crippen LogP contribution in [0.1, 0.15) is 12.5 Å². The molecule has 0 aromatic heterocycles. The zero-order valence-corrected chi connectivity index (χ0v) is 11.4. The molecule has 1 amide bonds. The van der Waals surface area contributed by atoms with E-state index in [-0.39, 0.29) is 34.6 Å². The Kier molecular flexibility index (Phi) is 4.24. The van der Waals surface area contributed by atoms with Gasteiger partial charge in [0.2, 0.25) is 0 Å². The summed E-state index contributed by atoms with van der Waals surface area (Å²) in [5.41, 5.74) is 0.280. The number of hydrogen-bond donors (Lipinski definition) is 2. The number of halogens is 2. The lowest BCUT2D eigenvalue weighted by Gasteiger charge is -2.19. The van der Waals surface area contributed by atoms with E-state index < -0.39 is 5.82 Å². The van der Waals surface area contributed by atoms with Crippen molar-refractivity contribution in [3.05, 3.63) is 28.7 Å². The van der Waals surface area contributed by atoms with Gasteiger partial charge in [-0.25, -0.2) is 4.39 Å². The van der Waals surface area contributed by atoms with Gasteiger partial charge in [-0.05, 0) is 13.0 Å². The summed E-state index contributed by atoms with van der Waals surface area (Å²) in [7, 11) is 0. The monoisotopic (exact) mass is 298 g/mol. The number of nitrogens with one attached hydrogen (secondary N) is 2. The maximum Gasteiger partial charge on any atom is 0.262 e. The molecule has 20 heavy (non-hydrogen) atoms. The lowest BCUT2D eigenvalue weighted by molar-refractivity contribution is -0.118. The number of hydrogen-bond acceptors (Lipinski definition) is 4. The summed E-state index contributed by atoms with van der Waals surface area (Å²) in [6.07, 6.45) is 0.460. The van der Waals surface area contributed by atoms with Gasteiger partial charge in [0.25, 0.3) is 5.91 Å². The van der Waals surface area contributed by atoms with Crippen molar-refractivity contribution in [3.8, 4) is 5.75 Å². The van der Waals surface area contributed by atoms with Crippen LogP contribution in [0.4, 0.5) is 10.1 Å². The number of amides is 1. The quantitative estimate of drug-likeness (QED) is 0.506. The molecule has 0 spiro atoms. The molecule has 0 fully saturated rings. The van der Waals surface area contributed by atoms with Crippen molar-refractivity contribution in [2.75, 3.05) is 18.5 Å². The Balaban J connectivity index is 2.51. The molecular weight excluding hydrogens is 287 g/mol. The largest absolute Gasteiger partial charge is 0.481 e. The fourth-order valence-corrected chi connectivity index (χ4v) is 2.07. The lowest BCUT2D eigenvalue weighted by atomic mass is 10.1. The van der Waals surface area contributed by atoms with Gasteiger partial charge in [0.05, 0.1) is 11.3 Å². The first-order valence-electron chi connectivity index (χ1n) is 5.92. The first kappa shape index (κ1) is 14.3. The van der Waals surface area contributed by atoms with E-state index >= 15 is 0 Å². The average Bonchev–Trinajstić information content (AvgIpc) is 2.41. The van der Waals surface area contributed by atoms with E-state index in [0.29, 0.717) is 18.5 Å². The average molecular weight is 299 g/mol. The van der Waals surface area contributed by atoms with Crippen LogP contribution in [0.5, 0.6) is 5.75 Å². The Morgan fingerprint density at radius 1 is 1.60 bits per heavy atom. The molecule has 0 atom stereocenters. The standard InChI is InChI=1S/C13H12ClFN2O3/c1-2-16-13(14)8(5-18)7-3-10-11(4-9(7)15)20-6-12(19)17-10/h3-5,16H,2,6H2,1H3,(H,17,19)/b13-8+. The molecule has 5 nitrogen and oxygen atoms in total. The van der Waals surface area contributed by atoms with Crippen LogP contribution in [-0.4, -0.2) is 25.3 Å². The fourth-order valence-electron chi connectivity index (χ4n) is 1.79. The highest BCUT2D eigenvalue weighted by atomic mass is 35.5. The molecule has 1 aromatic rings. The van der Waals surface area contributed by atoms with Gasteiger partial charge in [0, 0.05) is 18.2 Å². The number of anilines is 1. The van der Waals surface area contributed by atoms with E-state index in [4.69, 9.17) is 16.3 Å². The number of ether oxygens (including phenoxy) is 1. The number of benzene rings is 1. The fraction of sp³-hybridized carbons (Fsp3) is 0.231. The molecule has 1 aliphatic rings. The maximum absolute atomic E-state index is 14.0. The number of allylic oxidation sites excluding steroid dienone is 1. The van der Waals surface area contributed by atoms with Crippen LogP contribution >= 0.6 is 11.6 Å². The Morgan fingerprint density at radius 3 is 3.00 bits per heavy atom. The van der Waals surface area contributed by atoms with Crippen molar-refractivity contribution in [2.24, 2.45) is 0 Å². The van der Waals surface area contributed by atoms with Crippen LogP contribution in [-0.2, 0) is 9.59 Å². The predicted molar refractivity (Wildman–Crippen MR) is 73.0 cm³/mol. The van der Waals surface area contributed by atoms with Crippen molar-refractivity contribution in [2.45, 2.75) is 6.92 Å². The molecule has 1 aromatic carbocycles. The summed E-state index contributed by atoms with van der Waals surface area (Å²) >= 11 is 5.92. The Hall–Kier alpha value is -2.08. The first-order valence-corrected chi connectivity index (χ1v) is 6.30. The molecule has 2 N–H and O–H groups in total. The van der Waals surface area contributed by atoms with Gasteiger partial charge in [-0.2, -0.15) is 0 Å². The molecule has 0 unspecified atom stereocenters. The first-order chi connectivity index (χ1) is 9.56. The number of carbonyl (C=O) groups excluding carboxylic acids is 2. The van der Waals surface area contributed by atoms with Crippen molar-refractivity contribution in [1.29, 1.82) is 0 Å². The van der Waals surface area contributed by atoms with E-state index in [1.807, 2.05) is 0 Å². The second-order valence-corrected chi connectivity index (χ2v) is 4.42. The summed E-state index contributed by atoms with van der Waals surface area (Å²) in [5, 5.41) is 5.33. The van der Waals surface area contributed by atoms with E-state index in [0.717, 1.165) is 6.07 Å². The van der Waals surface area contributed by atoms with Crippen LogP contribution in [0.15, 0.2) is 17.3 Å². The highest BCUT2D eigenvalue weighted by molar-refractivity contribution is 6.36. The zero-order chi connectivity index (χ0) is 14.7. The summed E-state index contributed by atoms with van der Waals surface area (Å²) in [5.74, 6) is -0.779. The molecule has 2 rings (SSSR count). The zero-order valence-electron chi connectivity index (χ0n) is 10.6. The number of fused-ring (bicyclic) bond motifs is 1. The van der Waals surface area contributed by atoms with Crippen LogP contribution < -0.4 is 15.4 Å². The minimum atomic E-state index is -0.655. The van der Waals surface area contributed by atoms with Crippen molar-refractivity contribution in [1.82, 2.24) is 5.32 Å². The van der Waals surface area contributed by atoms with Crippen molar-refractivity contribution < 1.29 is 18.7 Å². The molecule has 7 heteroatoms. The number of aldehydes is 1. The van der Waals surface area contributed by atoms with Crippen molar-refractivity contribution in [3.63, 3.8) is 0 Å². The second-order valence-electron chi connectivity index (χ2n) is 4.04. The van der Waals surface area contributed by atoms with Gasteiger partial charge in [0.1, 0.15) is 16.7 Å². The maximum atomic E-state index is 14.0. The van der Waals surface area contributed by atoms with Gasteiger partial charge in [0.15, 0.2) is 12.9 Å². The second kappa shape index (κ2) is 5.92. The van der Waals surface area contributed by atoms with Gasteiger partial charge < -0.3 is 15.4 Å². The lowest BCUT2D eigenvalue weighted by Crippen LogP contribution is -2.25. The molecule has 106 valence electrons. The van der Waals surface area contributed by atoms with E-state index in [1.165, 1.54) is 6.07 Å². The molecule has 0 bridgehead atoms. The molecule has 0 radical (unpaired) electrons. The summed E-state index contributed by atoms with van der Waals surface area (Å²) < 4.78 is 19.1. The summed E-state index contributed by atoms with van der Waals surface area (Å²) in [6.45, 7) is 2.12. The summed E-state index contributed by atoms with van der Waals surface area (Å²) in [6, 6.07) is 2.44. The predicted octanol–water partition coefficient (Wildman–Crippen LogP) is 1.87. The molecule has 0 aliphatic carbocycles. The van der Waals surface area contributed by atoms with Crippen molar-refractivity contribution >= 4 is 35.1 Å². The minimum absolute atomic E-state index is 0.00417. The van der Waals surface area contributed by atoms with E-state index in [2.05, 4.69) is 10.6 Å². The number of rotatable bonds is 4. The van der Waals surface area contributed by atoms with E-state index in [9.17, 15) is 14.0 Å². The molecule has 0 saturated heterocycles. The summed E-state index contributed by atoms with van der Waals surface area (Å²) in [4.78, 5) is 22.4. The topological polar surface area (TPSA) is 67.4 Å². The van der Waals surface area contributed by atoms with Gasteiger partial charge in [-0.15, -0.1) is 0 Å². The van der Waals surface area contributed by atoms with Gasteiger partial charge >= 0.3 is 0 Å². The van der Waals surface area contributed by atoms with Gasteiger partial charge in [-0.1, -0.05) is 11.6 Å². The smallest absolute Gasteiger partial charge is 0.262 e. The van der Waals surface area contributed by atoms with Gasteiger partial charge in [-0.3, -0.25) is 9.59 Å². The third-order valence-electron chi connectivity index (χ3n) is 2.68. The molecule has 0 saturated carbocycles. The van der Waals surface area contributed by atoms with Crippen LogP contribution in [0.25, 0.3) is 5.57 Å². The Morgan fingerprint density at radius 2 is 2.35 bits per heavy atom. The SMILES string of the molecule is CCN/C(Cl)=C(\C=O)c1cc2c(cc1F)OCC(=O)N2. The highest BCUT2D eigenvalue weighted by Crippen LogP contribution is 2.33.